The van der Waals surface area contributed by atoms with Gasteiger partial charge in [0.25, 0.3) is 0 Å². The molecular weight excluding hydrogens is 208 g/mol. The minimum absolute atomic E-state index is 0.333. The molecular formula is C8H7ClN2OS. The van der Waals surface area contributed by atoms with Gasteiger partial charge in [0.2, 0.25) is 5.28 Å². The molecule has 0 fully saturated rings. The molecule has 0 aliphatic carbocycles. The second kappa shape index (κ2) is 3.89. The van der Waals surface area contributed by atoms with E-state index in [1.807, 2.05) is 12.1 Å². The highest BCUT2D eigenvalue weighted by Crippen LogP contribution is 2.12. The molecule has 0 aliphatic heterocycles. The molecule has 2 aromatic rings. The molecule has 3 nitrogen and oxygen atoms in total. The van der Waals surface area contributed by atoms with Gasteiger partial charge in [-0.05, 0) is 35.3 Å². The molecule has 0 N–H and O–H groups in total. The number of nitrogens with zero attached hydrogens (tertiary/aromatic N) is 2. The smallest absolute Gasteiger partial charge is 0.234 e. The molecule has 0 saturated carbocycles. The lowest BCUT2D eigenvalue weighted by Gasteiger charge is -1.91. The fraction of sp³-hybridized carbons (Fsp3) is 0.250. The van der Waals surface area contributed by atoms with Crippen LogP contribution in [-0.2, 0) is 12.8 Å². The molecule has 68 valence electrons. The third kappa shape index (κ3) is 2.29. The van der Waals surface area contributed by atoms with E-state index in [2.05, 4.69) is 9.36 Å². The SMILES string of the molecule is Clc1nsc(CCc2ccco2)n1. The number of aromatic nitrogens is 2. The minimum atomic E-state index is 0.333. The summed E-state index contributed by atoms with van der Waals surface area (Å²) in [4.78, 5) is 4.04. The molecule has 2 heterocycles. The summed E-state index contributed by atoms with van der Waals surface area (Å²) in [6, 6.07) is 3.82. The van der Waals surface area contributed by atoms with Gasteiger partial charge < -0.3 is 4.42 Å². The van der Waals surface area contributed by atoms with Crippen molar-refractivity contribution in [1.29, 1.82) is 0 Å². The Morgan fingerprint density at radius 1 is 1.46 bits per heavy atom. The topological polar surface area (TPSA) is 38.9 Å². The van der Waals surface area contributed by atoms with Crippen LogP contribution < -0.4 is 0 Å². The van der Waals surface area contributed by atoms with Crippen molar-refractivity contribution in [2.75, 3.05) is 0 Å². The molecule has 0 bridgehead atoms. The van der Waals surface area contributed by atoms with Crippen molar-refractivity contribution in [3.8, 4) is 0 Å². The highest BCUT2D eigenvalue weighted by Gasteiger charge is 2.02. The Balaban J connectivity index is 1.93. The molecule has 13 heavy (non-hydrogen) atoms. The summed E-state index contributed by atoms with van der Waals surface area (Å²) >= 11 is 6.92. The zero-order valence-corrected chi connectivity index (χ0v) is 8.31. The molecule has 5 heteroatoms. The van der Waals surface area contributed by atoms with E-state index in [1.165, 1.54) is 11.5 Å². The summed E-state index contributed by atoms with van der Waals surface area (Å²) in [5.41, 5.74) is 0. The molecule has 0 spiro atoms. The first-order valence-corrected chi connectivity index (χ1v) is 5.00. The van der Waals surface area contributed by atoms with Crippen LogP contribution in [0.1, 0.15) is 10.8 Å². The third-order valence-electron chi connectivity index (χ3n) is 1.61. The van der Waals surface area contributed by atoms with Gasteiger partial charge in [0.15, 0.2) is 0 Å². The lowest BCUT2D eigenvalue weighted by atomic mass is 10.2. The fourth-order valence-electron chi connectivity index (χ4n) is 1.02. The average molecular weight is 215 g/mol. The highest BCUT2D eigenvalue weighted by atomic mass is 35.5. The predicted molar refractivity (Wildman–Crippen MR) is 51.0 cm³/mol. The van der Waals surface area contributed by atoms with E-state index < -0.39 is 0 Å². The Kier molecular flexibility index (Phi) is 2.61. The van der Waals surface area contributed by atoms with Gasteiger partial charge in [-0.2, -0.15) is 4.37 Å². The number of hydrogen-bond donors (Lipinski definition) is 0. The summed E-state index contributed by atoms with van der Waals surface area (Å²) in [5.74, 6) is 0.964. The van der Waals surface area contributed by atoms with E-state index in [0.29, 0.717) is 5.28 Å². The van der Waals surface area contributed by atoms with Crippen molar-refractivity contribution >= 4 is 23.1 Å². The van der Waals surface area contributed by atoms with Crippen LogP contribution in [0.4, 0.5) is 0 Å². The summed E-state index contributed by atoms with van der Waals surface area (Å²) in [7, 11) is 0. The number of furan rings is 1. The van der Waals surface area contributed by atoms with Gasteiger partial charge >= 0.3 is 0 Å². The summed E-state index contributed by atoms with van der Waals surface area (Å²) in [5, 5.41) is 1.28. The van der Waals surface area contributed by atoms with Crippen LogP contribution in [0.5, 0.6) is 0 Å². The first kappa shape index (κ1) is 8.72. The summed E-state index contributed by atoms with van der Waals surface area (Å²) in [6.45, 7) is 0. The summed E-state index contributed by atoms with van der Waals surface area (Å²) < 4.78 is 9.07. The van der Waals surface area contributed by atoms with E-state index in [-0.39, 0.29) is 0 Å². The zero-order valence-electron chi connectivity index (χ0n) is 6.74. The molecule has 0 atom stereocenters. The van der Waals surface area contributed by atoms with Crippen LogP contribution in [0.3, 0.4) is 0 Å². The van der Waals surface area contributed by atoms with Crippen LogP contribution in [0.2, 0.25) is 5.28 Å². The Hall–Kier alpha value is -0.870. The maximum atomic E-state index is 5.59. The quantitative estimate of drug-likeness (QED) is 0.788. The van der Waals surface area contributed by atoms with E-state index in [4.69, 9.17) is 16.0 Å². The molecule has 0 saturated heterocycles. The van der Waals surface area contributed by atoms with E-state index >= 15 is 0 Å². The Labute approximate surface area is 84.5 Å². The van der Waals surface area contributed by atoms with Crippen molar-refractivity contribution < 1.29 is 4.42 Å². The van der Waals surface area contributed by atoms with E-state index in [0.717, 1.165) is 23.6 Å². The van der Waals surface area contributed by atoms with Gasteiger partial charge in [0.1, 0.15) is 10.8 Å². The van der Waals surface area contributed by atoms with Crippen molar-refractivity contribution in [2.45, 2.75) is 12.8 Å². The van der Waals surface area contributed by atoms with Crippen LogP contribution in [-0.4, -0.2) is 9.36 Å². The second-order valence-electron chi connectivity index (χ2n) is 2.54. The van der Waals surface area contributed by atoms with Gasteiger partial charge in [-0.25, -0.2) is 4.98 Å². The number of hydrogen-bond acceptors (Lipinski definition) is 4. The Bertz CT molecular complexity index is 371. The van der Waals surface area contributed by atoms with Gasteiger partial charge in [-0.15, -0.1) is 0 Å². The highest BCUT2D eigenvalue weighted by molar-refractivity contribution is 7.05. The molecule has 0 aromatic carbocycles. The maximum Gasteiger partial charge on any atom is 0.234 e. The standard InChI is InChI=1S/C8H7ClN2OS/c9-8-10-7(13-11-8)4-3-6-2-1-5-12-6/h1-2,5H,3-4H2. The first-order chi connectivity index (χ1) is 6.34. The van der Waals surface area contributed by atoms with Gasteiger partial charge in [-0.1, -0.05) is 0 Å². The molecule has 0 aliphatic rings. The largest absolute Gasteiger partial charge is 0.469 e. The Morgan fingerprint density at radius 3 is 3.00 bits per heavy atom. The van der Waals surface area contributed by atoms with Crippen LogP contribution >= 0.6 is 23.1 Å². The normalized spacial score (nSPS) is 10.5. The number of aryl methyl sites for hydroxylation is 2. The minimum Gasteiger partial charge on any atom is -0.469 e. The first-order valence-electron chi connectivity index (χ1n) is 3.85. The lowest BCUT2D eigenvalue weighted by Crippen LogP contribution is -1.87. The average Bonchev–Trinajstić information content (AvgIpc) is 2.71. The van der Waals surface area contributed by atoms with Gasteiger partial charge in [0, 0.05) is 12.8 Å². The molecule has 2 rings (SSSR count). The lowest BCUT2D eigenvalue weighted by molar-refractivity contribution is 0.508. The monoisotopic (exact) mass is 214 g/mol. The maximum absolute atomic E-state index is 5.59. The fourth-order valence-corrected chi connectivity index (χ4v) is 1.82. The van der Waals surface area contributed by atoms with Gasteiger partial charge in [-0.3, -0.25) is 0 Å². The summed E-state index contributed by atoms with van der Waals surface area (Å²) in [6.07, 6.45) is 3.35. The second-order valence-corrected chi connectivity index (χ2v) is 3.71. The van der Waals surface area contributed by atoms with Crippen LogP contribution in [0.25, 0.3) is 0 Å². The molecule has 2 aromatic heterocycles. The van der Waals surface area contributed by atoms with Crippen molar-refractivity contribution in [2.24, 2.45) is 0 Å². The number of halogens is 1. The van der Waals surface area contributed by atoms with E-state index in [1.54, 1.807) is 6.26 Å². The molecule has 0 radical (unpaired) electrons. The molecule has 0 unspecified atom stereocenters. The van der Waals surface area contributed by atoms with Crippen molar-refractivity contribution in [1.82, 2.24) is 9.36 Å². The Morgan fingerprint density at radius 2 is 2.38 bits per heavy atom. The zero-order chi connectivity index (χ0) is 9.10. The van der Waals surface area contributed by atoms with Crippen LogP contribution in [0, 0.1) is 0 Å². The predicted octanol–water partition coefficient (Wildman–Crippen LogP) is 2.57. The third-order valence-corrected chi connectivity index (χ3v) is 2.65. The van der Waals surface area contributed by atoms with E-state index in [9.17, 15) is 0 Å². The van der Waals surface area contributed by atoms with Crippen LogP contribution in [0.15, 0.2) is 22.8 Å². The van der Waals surface area contributed by atoms with Gasteiger partial charge in [0.05, 0.1) is 6.26 Å². The molecule has 0 amide bonds. The van der Waals surface area contributed by atoms with Crippen molar-refractivity contribution in [3.05, 3.63) is 34.4 Å². The number of rotatable bonds is 3. The van der Waals surface area contributed by atoms with Crippen molar-refractivity contribution in [3.63, 3.8) is 0 Å².